The second kappa shape index (κ2) is 9.03. The maximum absolute atomic E-state index is 12.9. The lowest BCUT2D eigenvalue weighted by Gasteiger charge is -2.20. The molecule has 0 spiro atoms. The highest BCUT2D eigenvalue weighted by Gasteiger charge is 2.24. The monoisotopic (exact) mass is 423 g/mol. The molecule has 3 aromatic rings. The van der Waals surface area contributed by atoms with Crippen molar-refractivity contribution in [2.45, 2.75) is 12.7 Å². The molecule has 0 aliphatic rings. The zero-order chi connectivity index (χ0) is 20.1. The van der Waals surface area contributed by atoms with E-state index in [0.29, 0.717) is 5.02 Å². The number of thiophene rings is 1. The smallest absolute Gasteiger partial charge is 0.387 e. The van der Waals surface area contributed by atoms with Gasteiger partial charge in [-0.3, -0.25) is 4.79 Å². The molecule has 8 heteroatoms. The normalized spacial score (nSPS) is 11.9. The molecule has 1 heterocycles. The minimum absolute atomic E-state index is 0.0474. The summed E-state index contributed by atoms with van der Waals surface area (Å²) in [6, 6.07) is 12.8. The van der Waals surface area contributed by atoms with Gasteiger partial charge in [0.25, 0.3) is 5.91 Å². The van der Waals surface area contributed by atoms with E-state index in [0.717, 1.165) is 11.1 Å². The van der Waals surface area contributed by atoms with Crippen LogP contribution in [-0.2, 0) is 0 Å². The lowest BCUT2D eigenvalue weighted by Crippen LogP contribution is -2.29. The highest BCUT2D eigenvalue weighted by molar-refractivity contribution is 7.08. The second-order valence-electron chi connectivity index (χ2n) is 5.73. The molecule has 0 fully saturated rings. The van der Waals surface area contributed by atoms with Crippen LogP contribution in [0.3, 0.4) is 0 Å². The SMILES string of the molecule is COc1cccc(C(=O)N[C@H](c2ccc(Cl)cc2)c2ccsc2)c1OC(F)F. The number of alkyl halides is 2. The van der Waals surface area contributed by atoms with E-state index in [-0.39, 0.29) is 17.1 Å². The Morgan fingerprint density at radius 2 is 1.86 bits per heavy atom. The molecule has 0 radical (unpaired) electrons. The van der Waals surface area contributed by atoms with Crippen LogP contribution in [0.25, 0.3) is 0 Å². The van der Waals surface area contributed by atoms with Gasteiger partial charge in [-0.15, -0.1) is 0 Å². The average molecular weight is 424 g/mol. The molecular formula is C20H16ClF2NO3S. The van der Waals surface area contributed by atoms with E-state index < -0.39 is 18.6 Å². The van der Waals surface area contributed by atoms with E-state index in [1.165, 1.54) is 36.6 Å². The summed E-state index contributed by atoms with van der Waals surface area (Å²) in [5, 5.41) is 7.24. The predicted molar refractivity (Wildman–Crippen MR) is 105 cm³/mol. The zero-order valence-electron chi connectivity index (χ0n) is 14.7. The van der Waals surface area contributed by atoms with Gasteiger partial charge in [-0.05, 0) is 52.2 Å². The van der Waals surface area contributed by atoms with E-state index in [9.17, 15) is 13.6 Å². The van der Waals surface area contributed by atoms with Crippen molar-refractivity contribution in [2.75, 3.05) is 7.11 Å². The third-order valence-corrected chi connectivity index (χ3v) is 4.96. The van der Waals surface area contributed by atoms with E-state index >= 15 is 0 Å². The quantitative estimate of drug-likeness (QED) is 0.543. The summed E-state index contributed by atoms with van der Waals surface area (Å²) in [6.45, 7) is -3.09. The third-order valence-electron chi connectivity index (χ3n) is 4.01. The molecule has 1 atom stereocenters. The zero-order valence-corrected chi connectivity index (χ0v) is 16.3. The van der Waals surface area contributed by atoms with Gasteiger partial charge in [0.15, 0.2) is 11.5 Å². The molecule has 0 saturated heterocycles. The topological polar surface area (TPSA) is 47.6 Å². The van der Waals surface area contributed by atoms with Crippen LogP contribution in [0.15, 0.2) is 59.3 Å². The molecule has 0 saturated carbocycles. The van der Waals surface area contributed by atoms with Gasteiger partial charge in [-0.1, -0.05) is 29.8 Å². The molecule has 0 aliphatic carbocycles. The highest BCUT2D eigenvalue weighted by Crippen LogP contribution is 2.33. The fourth-order valence-corrected chi connectivity index (χ4v) is 3.54. The summed E-state index contributed by atoms with van der Waals surface area (Å²) in [7, 11) is 1.32. The van der Waals surface area contributed by atoms with Crippen LogP contribution in [0.2, 0.25) is 5.02 Å². The van der Waals surface area contributed by atoms with Crippen LogP contribution in [0.5, 0.6) is 11.5 Å². The number of ether oxygens (including phenoxy) is 2. The Balaban J connectivity index is 1.96. The molecular weight excluding hydrogens is 408 g/mol. The van der Waals surface area contributed by atoms with Crippen molar-refractivity contribution >= 4 is 28.8 Å². The van der Waals surface area contributed by atoms with Gasteiger partial charge in [0.05, 0.1) is 18.7 Å². The molecule has 4 nitrogen and oxygen atoms in total. The summed E-state index contributed by atoms with van der Waals surface area (Å²) in [4.78, 5) is 12.9. The van der Waals surface area contributed by atoms with Crippen LogP contribution in [-0.4, -0.2) is 19.6 Å². The molecule has 3 rings (SSSR count). The van der Waals surface area contributed by atoms with Crippen molar-refractivity contribution in [1.29, 1.82) is 0 Å². The minimum atomic E-state index is -3.09. The highest BCUT2D eigenvalue weighted by atomic mass is 35.5. The van der Waals surface area contributed by atoms with Gasteiger partial charge >= 0.3 is 6.61 Å². The first kappa shape index (κ1) is 20.1. The maximum Gasteiger partial charge on any atom is 0.387 e. The minimum Gasteiger partial charge on any atom is -0.493 e. The lowest BCUT2D eigenvalue weighted by molar-refractivity contribution is -0.0515. The number of hydrogen-bond acceptors (Lipinski definition) is 4. The Morgan fingerprint density at radius 3 is 2.46 bits per heavy atom. The number of nitrogens with one attached hydrogen (secondary N) is 1. The number of rotatable bonds is 7. The van der Waals surface area contributed by atoms with Crippen molar-refractivity contribution in [3.05, 3.63) is 81.0 Å². The first-order chi connectivity index (χ1) is 13.5. The Bertz CT molecular complexity index is 933. The first-order valence-electron chi connectivity index (χ1n) is 8.20. The summed E-state index contributed by atoms with van der Waals surface area (Å²) in [6.07, 6.45) is 0. The van der Waals surface area contributed by atoms with Crippen LogP contribution in [0.4, 0.5) is 8.78 Å². The van der Waals surface area contributed by atoms with Crippen molar-refractivity contribution in [3.63, 3.8) is 0 Å². The van der Waals surface area contributed by atoms with Crippen molar-refractivity contribution in [3.8, 4) is 11.5 Å². The van der Waals surface area contributed by atoms with E-state index in [2.05, 4.69) is 10.1 Å². The van der Waals surface area contributed by atoms with Gasteiger partial charge in [-0.25, -0.2) is 0 Å². The van der Waals surface area contributed by atoms with Gasteiger partial charge in [0.2, 0.25) is 0 Å². The summed E-state index contributed by atoms with van der Waals surface area (Å²) < 4.78 is 35.3. The Labute approximate surface area is 169 Å². The van der Waals surface area contributed by atoms with Crippen molar-refractivity contribution in [2.24, 2.45) is 0 Å². The number of carbonyl (C=O) groups excluding carboxylic acids is 1. The number of halogens is 3. The van der Waals surface area contributed by atoms with Gasteiger partial charge in [0.1, 0.15) is 0 Å². The van der Waals surface area contributed by atoms with Crippen molar-refractivity contribution < 1.29 is 23.0 Å². The Kier molecular flexibility index (Phi) is 6.49. The van der Waals surface area contributed by atoms with Crippen molar-refractivity contribution in [1.82, 2.24) is 5.32 Å². The molecule has 1 N–H and O–H groups in total. The van der Waals surface area contributed by atoms with E-state index in [4.69, 9.17) is 16.3 Å². The average Bonchev–Trinajstić information content (AvgIpc) is 3.21. The fraction of sp³-hybridized carbons (Fsp3) is 0.150. The number of benzene rings is 2. The Morgan fingerprint density at radius 1 is 1.11 bits per heavy atom. The first-order valence-corrected chi connectivity index (χ1v) is 9.52. The molecule has 1 amide bonds. The number of carbonyl (C=O) groups is 1. The molecule has 0 bridgehead atoms. The van der Waals surface area contributed by atoms with E-state index in [1.54, 1.807) is 24.3 Å². The van der Waals surface area contributed by atoms with Gasteiger partial charge in [0, 0.05) is 5.02 Å². The van der Waals surface area contributed by atoms with Crippen LogP contribution in [0, 0.1) is 0 Å². The maximum atomic E-state index is 12.9. The lowest BCUT2D eigenvalue weighted by atomic mass is 10.0. The summed E-state index contributed by atoms with van der Waals surface area (Å²) >= 11 is 7.44. The molecule has 2 aromatic carbocycles. The molecule has 1 aromatic heterocycles. The molecule has 0 unspecified atom stereocenters. The number of amides is 1. The van der Waals surface area contributed by atoms with Gasteiger partial charge in [-0.2, -0.15) is 20.1 Å². The largest absolute Gasteiger partial charge is 0.493 e. The van der Waals surface area contributed by atoms with Gasteiger partial charge < -0.3 is 14.8 Å². The fourth-order valence-electron chi connectivity index (χ4n) is 2.73. The molecule has 0 aliphatic heterocycles. The number of hydrogen-bond donors (Lipinski definition) is 1. The van der Waals surface area contributed by atoms with E-state index in [1.807, 2.05) is 16.8 Å². The summed E-state index contributed by atoms with van der Waals surface area (Å²) in [5.74, 6) is -0.829. The number of methoxy groups -OCH3 is 1. The second-order valence-corrected chi connectivity index (χ2v) is 6.95. The molecule has 28 heavy (non-hydrogen) atoms. The predicted octanol–water partition coefficient (Wildman–Crippen LogP) is 5.53. The standard InChI is InChI=1S/C20H16ClF2NO3S/c1-26-16-4-2-3-15(18(16)27-20(22)23)19(25)24-17(13-9-10-28-11-13)12-5-7-14(21)8-6-12/h2-11,17,20H,1H3,(H,24,25)/t17-/m1/s1. The van der Waals surface area contributed by atoms with Crippen LogP contribution in [0.1, 0.15) is 27.5 Å². The molecule has 146 valence electrons. The van der Waals surface area contributed by atoms with Crippen LogP contribution >= 0.6 is 22.9 Å². The Hall–Kier alpha value is -2.64. The third kappa shape index (κ3) is 4.61. The summed E-state index contributed by atoms with van der Waals surface area (Å²) in [5.41, 5.74) is 1.61. The number of para-hydroxylation sites is 1. The van der Waals surface area contributed by atoms with Crippen LogP contribution < -0.4 is 14.8 Å².